The highest BCUT2D eigenvalue weighted by Crippen LogP contribution is 2.22. The Hall–Kier alpha value is -0.610. The van der Waals surface area contributed by atoms with Crippen molar-refractivity contribution in [2.75, 3.05) is 13.1 Å². The van der Waals surface area contributed by atoms with Crippen molar-refractivity contribution >= 4 is 5.91 Å². The summed E-state index contributed by atoms with van der Waals surface area (Å²) >= 11 is 0. The Morgan fingerprint density at radius 3 is 2.41 bits per heavy atom. The highest BCUT2D eigenvalue weighted by molar-refractivity contribution is 5.80. The van der Waals surface area contributed by atoms with Gasteiger partial charge < -0.3 is 14.7 Å². The van der Waals surface area contributed by atoms with Gasteiger partial charge in [0.05, 0.1) is 12.2 Å². The molecule has 0 aromatic rings. The van der Waals surface area contributed by atoms with Gasteiger partial charge >= 0.3 is 0 Å². The van der Waals surface area contributed by atoms with Crippen LogP contribution < -0.4 is 0 Å². The number of aliphatic hydroxyl groups excluding tert-OH is 1. The Morgan fingerprint density at radius 1 is 1.24 bits per heavy atom. The van der Waals surface area contributed by atoms with Gasteiger partial charge in [0.15, 0.2) is 0 Å². The van der Waals surface area contributed by atoms with Crippen LogP contribution in [0.3, 0.4) is 0 Å². The molecule has 0 radical (unpaired) electrons. The maximum atomic E-state index is 12.0. The summed E-state index contributed by atoms with van der Waals surface area (Å²) in [6, 6.07) is 0. The number of amides is 1. The van der Waals surface area contributed by atoms with Gasteiger partial charge in [0, 0.05) is 13.1 Å². The van der Waals surface area contributed by atoms with Gasteiger partial charge in [0.2, 0.25) is 0 Å². The molecule has 0 bridgehead atoms. The zero-order valence-corrected chi connectivity index (χ0v) is 10.6. The summed E-state index contributed by atoms with van der Waals surface area (Å²) in [5, 5.41) is 9.41. The molecule has 1 aliphatic heterocycles. The Kier molecular flexibility index (Phi) is 4.40. The molecule has 17 heavy (non-hydrogen) atoms. The number of hydrogen-bond acceptors (Lipinski definition) is 3. The van der Waals surface area contributed by atoms with Gasteiger partial charge in [-0.2, -0.15) is 0 Å². The van der Waals surface area contributed by atoms with Crippen molar-refractivity contribution in [3.8, 4) is 0 Å². The summed E-state index contributed by atoms with van der Waals surface area (Å²) in [6.45, 7) is 3.62. The van der Waals surface area contributed by atoms with E-state index in [9.17, 15) is 9.90 Å². The largest absolute Gasteiger partial charge is 0.393 e. The lowest BCUT2D eigenvalue weighted by molar-refractivity contribution is -0.147. The standard InChI is InChI=1S/C13H23NO3/c1-10(13(16)14-8-2-3-9-14)17-12-6-4-11(15)5-7-12/h10-12,15H,2-9H2,1H3. The van der Waals surface area contributed by atoms with Crippen LogP contribution in [0, 0.1) is 0 Å². The molecule has 1 unspecified atom stereocenters. The lowest BCUT2D eigenvalue weighted by Crippen LogP contribution is -2.39. The van der Waals surface area contributed by atoms with Crippen molar-refractivity contribution in [3.05, 3.63) is 0 Å². The molecule has 0 aromatic carbocycles. The first-order valence-corrected chi connectivity index (χ1v) is 6.79. The first-order valence-electron chi connectivity index (χ1n) is 6.79. The van der Waals surface area contributed by atoms with Gasteiger partial charge in [-0.05, 0) is 45.4 Å². The Bertz CT molecular complexity index is 255. The third-order valence-electron chi connectivity index (χ3n) is 3.81. The Balaban J connectivity index is 1.76. The van der Waals surface area contributed by atoms with Crippen LogP contribution in [-0.2, 0) is 9.53 Å². The predicted octanol–water partition coefficient (Wildman–Crippen LogP) is 1.32. The molecule has 2 fully saturated rings. The van der Waals surface area contributed by atoms with Crippen LogP contribution in [0.25, 0.3) is 0 Å². The molecule has 1 N–H and O–H groups in total. The normalized spacial score (nSPS) is 31.5. The fourth-order valence-electron chi connectivity index (χ4n) is 2.72. The summed E-state index contributed by atoms with van der Waals surface area (Å²) in [7, 11) is 0. The zero-order valence-electron chi connectivity index (χ0n) is 10.6. The van der Waals surface area contributed by atoms with Crippen LogP contribution >= 0.6 is 0 Å². The number of carbonyl (C=O) groups is 1. The first kappa shape index (κ1) is 12.8. The van der Waals surface area contributed by atoms with E-state index in [0.29, 0.717) is 0 Å². The summed E-state index contributed by atoms with van der Waals surface area (Å²) in [5.41, 5.74) is 0. The minimum absolute atomic E-state index is 0.133. The minimum Gasteiger partial charge on any atom is -0.393 e. The molecule has 1 aliphatic carbocycles. The fourth-order valence-corrected chi connectivity index (χ4v) is 2.72. The molecule has 1 saturated carbocycles. The average Bonchev–Trinajstić information content (AvgIpc) is 2.84. The second-order valence-electron chi connectivity index (χ2n) is 5.24. The third-order valence-corrected chi connectivity index (χ3v) is 3.81. The topological polar surface area (TPSA) is 49.8 Å². The van der Waals surface area contributed by atoms with Crippen molar-refractivity contribution in [2.45, 2.75) is 63.8 Å². The van der Waals surface area contributed by atoms with Crippen LogP contribution in [0.2, 0.25) is 0 Å². The van der Waals surface area contributed by atoms with E-state index in [4.69, 9.17) is 4.74 Å². The van der Waals surface area contributed by atoms with Crippen LogP contribution in [0.1, 0.15) is 45.4 Å². The van der Waals surface area contributed by atoms with Crippen molar-refractivity contribution in [2.24, 2.45) is 0 Å². The number of aliphatic hydroxyl groups is 1. The van der Waals surface area contributed by atoms with Crippen molar-refractivity contribution in [1.29, 1.82) is 0 Å². The van der Waals surface area contributed by atoms with Gasteiger partial charge in [-0.15, -0.1) is 0 Å². The molecule has 2 aliphatic rings. The highest BCUT2D eigenvalue weighted by atomic mass is 16.5. The molecule has 0 aromatic heterocycles. The highest BCUT2D eigenvalue weighted by Gasteiger charge is 2.27. The number of likely N-dealkylation sites (tertiary alicyclic amines) is 1. The van der Waals surface area contributed by atoms with E-state index in [2.05, 4.69) is 0 Å². The van der Waals surface area contributed by atoms with Crippen molar-refractivity contribution in [3.63, 3.8) is 0 Å². The molecule has 98 valence electrons. The van der Waals surface area contributed by atoms with Crippen LogP contribution in [0.15, 0.2) is 0 Å². The Morgan fingerprint density at radius 2 is 1.82 bits per heavy atom. The first-order chi connectivity index (χ1) is 8.16. The summed E-state index contributed by atoms with van der Waals surface area (Å²) in [6.07, 6.45) is 5.25. The second-order valence-corrected chi connectivity index (χ2v) is 5.24. The van der Waals surface area contributed by atoms with Gasteiger partial charge in [0.25, 0.3) is 5.91 Å². The number of nitrogens with zero attached hydrogens (tertiary/aromatic N) is 1. The number of ether oxygens (including phenoxy) is 1. The van der Waals surface area contributed by atoms with Crippen LogP contribution in [-0.4, -0.2) is 47.3 Å². The SMILES string of the molecule is CC(OC1CCC(O)CC1)C(=O)N1CCCC1. The van der Waals surface area contributed by atoms with E-state index in [1.807, 2.05) is 11.8 Å². The molecular weight excluding hydrogens is 218 g/mol. The molecule has 2 rings (SSSR count). The maximum Gasteiger partial charge on any atom is 0.251 e. The monoisotopic (exact) mass is 241 g/mol. The molecule has 4 nitrogen and oxygen atoms in total. The lowest BCUT2D eigenvalue weighted by Gasteiger charge is -2.29. The quantitative estimate of drug-likeness (QED) is 0.810. The summed E-state index contributed by atoms with van der Waals surface area (Å²) in [5.74, 6) is 0.133. The predicted molar refractivity (Wildman–Crippen MR) is 64.6 cm³/mol. The van der Waals surface area contributed by atoms with E-state index < -0.39 is 0 Å². The Labute approximate surface area is 103 Å². The van der Waals surface area contributed by atoms with Gasteiger partial charge in [-0.3, -0.25) is 4.79 Å². The third kappa shape index (κ3) is 3.42. The molecule has 1 saturated heterocycles. The molecule has 0 spiro atoms. The van der Waals surface area contributed by atoms with Crippen molar-refractivity contribution < 1.29 is 14.6 Å². The summed E-state index contributed by atoms with van der Waals surface area (Å²) < 4.78 is 5.81. The van der Waals surface area contributed by atoms with Crippen molar-refractivity contribution in [1.82, 2.24) is 4.90 Å². The molecule has 1 atom stereocenters. The minimum atomic E-state index is -0.326. The smallest absolute Gasteiger partial charge is 0.251 e. The van der Waals surface area contributed by atoms with E-state index in [0.717, 1.165) is 51.6 Å². The number of hydrogen-bond donors (Lipinski definition) is 1. The van der Waals surface area contributed by atoms with E-state index in [1.54, 1.807) is 0 Å². The average molecular weight is 241 g/mol. The lowest BCUT2D eigenvalue weighted by atomic mass is 9.95. The van der Waals surface area contributed by atoms with E-state index >= 15 is 0 Å². The summed E-state index contributed by atoms with van der Waals surface area (Å²) in [4.78, 5) is 13.9. The fraction of sp³-hybridized carbons (Fsp3) is 0.923. The van der Waals surface area contributed by atoms with Gasteiger partial charge in [-0.1, -0.05) is 0 Å². The van der Waals surface area contributed by atoms with Gasteiger partial charge in [-0.25, -0.2) is 0 Å². The molecule has 1 amide bonds. The van der Waals surface area contributed by atoms with Gasteiger partial charge in [0.1, 0.15) is 6.10 Å². The second kappa shape index (κ2) is 5.83. The zero-order chi connectivity index (χ0) is 12.3. The maximum absolute atomic E-state index is 12.0. The van der Waals surface area contributed by atoms with E-state index in [-0.39, 0.29) is 24.2 Å². The molecule has 4 heteroatoms. The van der Waals surface area contributed by atoms with E-state index in [1.165, 1.54) is 0 Å². The van der Waals surface area contributed by atoms with Crippen LogP contribution in [0.5, 0.6) is 0 Å². The molecule has 1 heterocycles. The number of rotatable bonds is 3. The number of carbonyl (C=O) groups excluding carboxylic acids is 1. The van der Waals surface area contributed by atoms with Crippen LogP contribution in [0.4, 0.5) is 0 Å². The molecular formula is C13H23NO3.